The molecular formula is C19H24O3. The van der Waals surface area contributed by atoms with Crippen LogP contribution in [0, 0.1) is 17.3 Å². The van der Waals surface area contributed by atoms with Crippen LogP contribution < -0.4 is 0 Å². The van der Waals surface area contributed by atoms with E-state index in [1.165, 1.54) is 5.57 Å². The molecule has 0 aromatic carbocycles. The minimum absolute atomic E-state index is 0.0468. The monoisotopic (exact) mass is 300 g/mol. The van der Waals surface area contributed by atoms with E-state index >= 15 is 0 Å². The molecule has 0 bridgehead atoms. The first-order valence-electron chi connectivity index (χ1n) is 8.49. The number of fused-ring (bicyclic) bond motifs is 4. The molecule has 3 nitrogen and oxygen atoms in total. The Bertz CT molecular complexity index is 614. The highest BCUT2D eigenvalue weighted by Crippen LogP contribution is 2.55. The first kappa shape index (κ1) is 14.4. The van der Waals surface area contributed by atoms with Gasteiger partial charge in [-0.1, -0.05) is 23.8 Å². The number of allylic oxidation sites excluding steroid dienone is 3. The standard InChI is InChI=1S/C19H24O3/c1-18-7-2-3-16(18)19(22)8-6-12-4-5-15(20)10-13(12)9-14(19)11-17(18)21/h2,7,9,11-12,15-16,20,22H,3-6,8,10H2,1H3/t12?,15?,16?,18?,19-/m1/s1. The van der Waals surface area contributed by atoms with Crippen LogP contribution in [0.5, 0.6) is 0 Å². The van der Waals surface area contributed by atoms with E-state index in [1.54, 1.807) is 6.08 Å². The molecule has 0 radical (unpaired) electrons. The molecule has 0 aromatic rings. The van der Waals surface area contributed by atoms with Crippen molar-refractivity contribution in [3.8, 4) is 0 Å². The van der Waals surface area contributed by atoms with E-state index in [9.17, 15) is 15.0 Å². The molecule has 1 saturated carbocycles. The van der Waals surface area contributed by atoms with Gasteiger partial charge < -0.3 is 10.2 Å². The van der Waals surface area contributed by atoms with E-state index in [0.717, 1.165) is 37.7 Å². The summed E-state index contributed by atoms with van der Waals surface area (Å²) in [6, 6.07) is 0. The van der Waals surface area contributed by atoms with E-state index in [2.05, 4.69) is 0 Å². The predicted octanol–water partition coefficient (Wildman–Crippen LogP) is 2.69. The second-order valence-corrected chi connectivity index (χ2v) is 7.75. The lowest BCUT2D eigenvalue weighted by Crippen LogP contribution is -2.51. The molecule has 0 heterocycles. The molecule has 0 spiro atoms. The number of carbonyl (C=O) groups excluding carboxylic acids is 1. The normalized spacial score (nSPS) is 47.0. The molecular weight excluding hydrogens is 276 g/mol. The minimum atomic E-state index is -0.901. The number of hydrogen-bond donors (Lipinski definition) is 2. The maximum Gasteiger partial charge on any atom is 0.166 e. The van der Waals surface area contributed by atoms with Gasteiger partial charge in [0.05, 0.1) is 17.1 Å². The van der Waals surface area contributed by atoms with Gasteiger partial charge in [-0.3, -0.25) is 4.79 Å². The molecule has 0 aromatic heterocycles. The third-order valence-corrected chi connectivity index (χ3v) is 6.51. The minimum Gasteiger partial charge on any atom is -0.393 e. The van der Waals surface area contributed by atoms with Crippen LogP contribution in [0.1, 0.15) is 45.4 Å². The third-order valence-electron chi connectivity index (χ3n) is 6.51. The lowest BCUT2D eigenvalue weighted by molar-refractivity contribution is -0.130. The largest absolute Gasteiger partial charge is 0.393 e. The van der Waals surface area contributed by atoms with Gasteiger partial charge in [0.2, 0.25) is 0 Å². The molecule has 0 aliphatic heterocycles. The summed E-state index contributed by atoms with van der Waals surface area (Å²) in [7, 11) is 0. The highest BCUT2D eigenvalue weighted by atomic mass is 16.3. The van der Waals surface area contributed by atoms with E-state index < -0.39 is 11.0 Å². The molecule has 0 saturated heterocycles. The van der Waals surface area contributed by atoms with Gasteiger partial charge >= 0.3 is 0 Å². The Kier molecular flexibility index (Phi) is 3.05. The van der Waals surface area contributed by atoms with Gasteiger partial charge in [-0.15, -0.1) is 0 Å². The van der Waals surface area contributed by atoms with Crippen LogP contribution in [0.4, 0.5) is 0 Å². The van der Waals surface area contributed by atoms with Crippen LogP contribution in [0.3, 0.4) is 0 Å². The van der Waals surface area contributed by atoms with Gasteiger partial charge in [0.15, 0.2) is 5.78 Å². The number of carbonyl (C=O) groups is 1. The third kappa shape index (κ3) is 1.85. The fraction of sp³-hybridized carbons (Fsp3) is 0.632. The number of hydrogen-bond acceptors (Lipinski definition) is 3. The van der Waals surface area contributed by atoms with Crippen molar-refractivity contribution in [3.63, 3.8) is 0 Å². The van der Waals surface area contributed by atoms with Crippen molar-refractivity contribution in [1.82, 2.24) is 0 Å². The van der Waals surface area contributed by atoms with Crippen molar-refractivity contribution in [3.05, 3.63) is 35.5 Å². The summed E-state index contributed by atoms with van der Waals surface area (Å²) >= 11 is 0. The van der Waals surface area contributed by atoms with Gasteiger partial charge in [0, 0.05) is 5.92 Å². The van der Waals surface area contributed by atoms with Crippen molar-refractivity contribution in [2.45, 2.75) is 57.2 Å². The van der Waals surface area contributed by atoms with Gasteiger partial charge in [0.25, 0.3) is 0 Å². The highest BCUT2D eigenvalue weighted by molar-refractivity contribution is 5.99. The van der Waals surface area contributed by atoms with Crippen molar-refractivity contribution >= 4 is 5.78 Å². The average molecular weight is 300 g/mol. The Morgan fingerprint density at radius 2 is 2.05 bits per heavy atom. The quantitative estimate of drug-likeness (QED) is 0.676. The first-order valence-corrected chi connectivity index (χ1v) is 8.49. The summed E-state index contributed by atoms with van der Waals surface area (Å²) in [5.41, 5.74) is 0.561. The second kappa shape index (κ2) is 4.65. The van der Waals surface area contributed by atoms with Crippen molar-refractivity contribution in [2.75, 3.05) is 0 Å². The zero-order valence-electron chi connectivity index (χ0n) is 13.1. The number of ketones is 1. The number of rotatable bonds is 0. The summed E-state index contributed by atoms with van der Waals surface area (Å²) < 4.78 is 0. The molecule has 2 N–H and O–H groups in total. The van der Waals surface area contributed by atoms with Gasteiger partial charge in [-0.25, -0.2) is 0 Å². The summed E-state index contributed by atoms with van der Waals surface area (Å²) in [5, 5.41) is 21.4. The van der Waals surface area contributed by atoms with Crippen LogP contribution in [0.15, 0.2) is 35.5 Å². The maximum atomic E-state index is 12.6. The first-order chi connectivity index (χ1) is 10.4. The van der Waals surface area contributed by atoms with Gasteiger partial charge in [-0.05, 0) is 63.0 Å². The molecule has 3 heteroatoms. The Hall–Kier alpha value is -1.19. The number of aliphatic hydroxyl groups is 2. The van der Waals surface area contributed by atoms with Crippen LogP contribution in [0.2, 0.25) is 0 Å². The van der Waals surface area contributed by atoms with Gasteiger partial charge in [-0.2, -0.15) is 0 Å². The van der Waals surface area contributed by atoms with Crippen molar-refractivity contribution in [2.24, 2.45) is 17.3 Å². The summed E-state index contributed by atoms with van der Waals surface area (Å²) in [4.78, 5) is 12.6. The summed E-state index contributed by atoms with van der Waals surface area (Å²) in [6.45, 7) is 1.96. The zero-order chi connectivity index (χ0) is 15.5. The van der Waals surface area contributed by atoms with E-state index in [1.807, 2.05) is 25.2 Å². The van der Waals surface area contributed by atoms with Crippen molar-refractivity contribution in [1.29, 1.82) is 0 Å². The smallest absolute Gasteiger partial charge is 0.166 e. The molecule has 4 aliphatic rings. The van der Waals surface area contributed by atoms with Gasteiger partial charge in [0.1, 0.15) is 0 Å². The second-order valence-electron chi connectivity index (χ2n) is 7.75. The molecule has 118 valence electrons. The van der Waals surface area contributed by atoms with Crippen LogP contribution in [-0.4, -0.2) is 27.7 Å². The molecule has 1 fully saturated rings. The average Bonchev–Trinajstić information content (AvgIpc) is 2.83. The molecule has 0 amide bonds. The van der Waals surface area contributed by atoms with E-state index in [-0.39, 0.29) is 17.8 Å². The molecule has 22 heavy (non-hydrogen) atoms. The Morgan fingerprint density at radius 3 is 2.86 bits per heavy atom. The number of aliphatic hydroxyl groups excluding tert-OH is 1. The van der Waals surface area contributed by atoms with Crippen LogP contribution >= 0.6 is 0 Å². The van der Waals surface area contributed by atoms with Crippen LogP contribution in [0.25, 0.3) is 0 Å². The zero-order valence-corrected chi connectivity index (χ0v) is 13.1. The van der Waals surface area contributed by atoms with E-state index in [4.69, 9.17) is 0 Å². The Labute approximate surface area is 131 Å². The molecule has 5 atom stereocenters. The molecule has 4 rings (SSSR count). The lowest BCUT2D eigenvalue weighted by Gasteiger charge is -2.45. The Balaban J connectivity index is 1.79. The lowest BCUT2D eigenvalue weighted by atomic mass is 9.60. The van der Waals surface area contributed by atoms with E-state index in [0.29, 0.717) is 12.3 Å². The fourth-order valence-corrected chi connectivity index (χ4v) is 5.08. The topological polar surface area (TPSA) is 57.5 Å². The Morgan fingerprint density at radius 1 is 1.23 bits per heavy atom. The maximum absolute atomic E-state index is 12.6. The fourth-order valence-electron chi connectivity index (χ4n) is 5.08. The summed E-state index contributed by atoms with van der Waals surface area (Å²) in [6.07, 6.45) is 12.4. The highest BCUT2D eigenvalue weighted by Gasteiger charge is 2.56. The molecule has 4 aliphatic carbocycles. The SMILES string of the molecule is CC12C=CCC1[C@@]1(O)CCC3CCC(O)CC3=CC1=CC2=O. The van der Waals surface area contributed by atoms with Crippen molar-refractivity contribution < 1.29 is 15.0 Å². The van der Waals surface area contributed by atoms with Crippen LogP contribution in [-0.2, 0) is 4.79 Å². The molecule has 4 unspecified atom stereocenters. The predicted molar refractivity (Wildman–Crippen MR) is 84.1 cm³/mol. The summed E-state index contributed by atoms with van der Waals surface area (Å²) in [5.74, 6) is 0.515.